The molecule has 0 aliphatic heterocycles. The maximum absolute atomic E-state index is 12.3. The van der Waals surface area contributed by atoms with Crippen LogP contribution in [0.3, 0.4) is 0 Å². The summed E-state index contributed by atoms with van der Waals surface area (Å²) in [6.45, 7) is 9.81. The van der Waals surface area contributed by atoms with Crippen molar-refractivity contribution in [2.24, 2.45) is 0 Å². The first-order chi connectivity index (χ1) is 26.1. The topological polar surface area (TPSA) is 85.9 Å². The van der Waals surface area contributed by atoms with E-state index in [1.807, 2.05) is 6.92 Å². The monoisotopic (exact) mass is 753 g/mol. The van der Waals surface area contributed by atoms with Crippen LogP contribution >= 0.6 is 0 Å². The van der Waals surface area contributed by atoms with Crippen molar-refractivity contribution in [1.29, 1.82) is 0 Å². The average Bonchev–Trinajstić information content (AvgIpc) is 3.16. The van der Waals surface area contributed by atoms with Crippen molar-refractivity contribution in [3.63, 3.8) is 0 Å². The van der Waals surface area contributed by atoms with Gasteiger partial charge in [0.25, 0.3) is 0 Å². The number of carbonyl (C=O) groups is 2. The van der Waals surface area contributed by atoms with Crippen molar-refractivity contribution in [1.82, 2.24) is 10.6 Å². The van der Waals surface area contributed by atoms with Crippen LogP contribution in [0, 0.1) is 0 Å². The van der Waals surface area contributed by atoms with E-state index in [0.29, 0.717) is 32.7 Å². The van der Waals surface area contributed by atoms with Crippen molar-refractivity contribution in [2.75, 3.05) is 39.5 Å². The highest BCUT2D eigenvalue weighted by Crippen LogP contribution is 2.15. The number of rotatable bonds is 44. The molecular formula is C46H92N2O5. The first-order valence-corrected chi connectivity index (χ1v) is 23.5. The molecule has 0 unspecified atom stereocenters. The summed E-state index contributed by atoms with van der Waals surface area (Å²) in [6, 6.07) is 0. The van der Waals surface area contributed by atoms with Crippen LogP contribution in [0.4, 0.5) is 4.79 Å². The molecule has 7 heteroatoms. The van der Waals surface area contributed by atoms with E-state index in [9.17, 15) is 9.59 Å². The Hall–Kier alpha value is -1.34. The molecule has 316 valence electrons. The second-order valence-electron chi connectivity index (χ2n) is 15.8. The van der Waals surface area contributed by atoms with Crippen molar-refractivity contribution < 1.29 is 23.8 Å². The maximum Gasteiger partial charge on any atom is 0.407 e. The first-order valence-electron chi connectivity index (χ1n) is 23.5. The minimum Gasteiger partial charge on any atom is -0.447 e. The van der Waals surface area contributed by atoms with Gasteiger partial charge in [0.1, 0.15) is 12.7 Å². The number of hydrogen-bond acceptors (Lipinski definition) is 5. The number of amides is 2. The van der Waals surface area contributed by atoms with Crippen LogP contribution in [0.1, 0.15) is 239 Å². The summed E-state index contributed by atoms with van der Waals surface area (Å²) in [7, 11) is 0. The molecule has 0 rings (SSSR count). The molecule has 0 aromatic heterocycles. The minimum atomic E-state index is -0.406. The molecule has 0 aromatic carbocycles. The highest BCUT2D eigenvalue weighted by atomic mass is 16.6. The lowest BCUT2D eigenvalue weighted by atomic mass is 10.0. The molecule has 0 aliphatic rings. The van der Waals surface area contributed by atoms with Gasteiger partial charge in [-0.15, -0.1) is 0 Å². The first kappa shape index (κ1) is 51.7. The maximum atomic E-state index is 12.3. The zero-order chi connectivity index (χ0) is 38.6. The molecule has 0 aromatic rings. The number of hydrogen-bond donors (Lipinski definition) is 2. The number of ether oxygens (including phenoxy) is 3. The van der Waals surface area contributed by atoms with Gasteiger partial charge >= 0.3 is 6.09 Å². The van der Waals surface area contributed by atoms with Gasteiger partial charge in [-0.25, -0.2) is 4.79 Å². The fraction of sp³-hybridized carbons (Fsp3) is 0.957. The summed E-state index contributed by atoms with van der Waals surface area (Å²) in [5.74, 6) is 0.0945. The molecule has 0 heterocycles. The third-order valence-corrected chi connectivity index (χ3v) is 10.4. The normalized spacial score (nSPS) is 11.9. The summed E-state index contributed by atoms with van der Waals surface area (Å²) in [4.78, 5) is 23.9. The van der Waals surface area contributed by atoms with Gasteiger partial charge < -0.3 is 24.8 Å². The molecular weight excluding hydrogens is 661 g/mol. The van der Waals surface area contributed by atoms with Gasteiger partial charge in [0.15, 0.2) is 0 Å². The SMILES string of the molecule is CCCCCCCCCCCCCCCCCCOC[C@H](COC(=O)NCCCCCC(=O)NCC)OCCCCCCCCCCCCCCCC. The summed E-state index contributed by atoms with van der Waals surface area (Å²) in [5.41, 5.74) is 0. The number of carbonyl (C=O) groups excluding carboxylic acids is 2. The summed E-state index contributed by atoms with van der Waals surface area (Å²) in [6.07, 6.45) is 43.0. The van der Waals surface area contributed by atoms with Crippen molar-refractivity contribution >= 4 is 12.0 Å². The summed E-state index contributed by atoms with van der Waals surface area (Å²) in [5, 5.41) is 5.66. The van der Waals surface area contributed by atoms with Gasteiger partial charge in [0.05, 0.1) is 6.61 Å². The number of unbranched alkanes of at least 4 members (excludes halogenated alkanes) is 30. The highest BCUT2D eigenvalue weighted by Gasteiger charge is 2.13. The second-order valence-corrected chi connectivity index (χ2v) is 15.8. The molecule has 0 saturated carbocycles. The van der Waals surface area contributed by atoms with E-state index in [0.717, 1.165) is 38.7 Å². The Morgan fingerprint density at radius 3 is 1.26 bits per heavy atom. The predicted molar refractivity (Wildman–Crippen MR) is 227 cm³/mol. The largest absolute Gasteiger partial charge is 0.447 e. The average molecular weight is 753 g/mol. The smallest absolute Gasteiger partial charge is 0.407 e. The van der Waals surface area contributed by atoms with E-state index in [1.54, 1.807) is 0 Å². The van der Waals surface area contributed by atoms with Gasteiger partial charge in [-0.05, 0) is 32.6 Å². The van der Waals surface area contributed by atoms with Crippen LogP contribution in [-0.4, -0.2) is 57.6 Å². The van der Waals surface area contributed by atoms with Crippen molar-refractivity contribution in [3.8, 4) is 0 Å². The Morgan fingerprint density at radius 1 is 0.434 bits per heavy atom. The summed E-state index contributed by atoms with van der Waals surface area (Å²) < 4.78 is 17.7. The molecule has 0 bridgehead atoms. The molecule has 7 nitrogen and oxygen atoms in total. The van der Waals surface area contributed by atoms with Crippen molar-refractivity contribution in [2.45, 2.75) is 245 Å². The molecule has 1 atom stereocenters. The number of alkyl carbamates (subject to hydrolysis) is 1. The Balaban J connectivity index is 4.05. The van der Waals surface area contributed by atoms with E-state index >= 15 is 0 Å². The third-order valence-electron chi connectivity index (χ3n) is 10.4. The van der Waals surface area contributed by atoms with Crippen LogP contribution in [-0.2, 0) is 19.0 Å². The van der Waals surface area contributed by atoms with Crippen LogP contribution in [0.5, 0.6) is 0 Å². The molecule has 0 spiro atoms. The fourth-order valence-corrected chi connectivity index (χ4v) is 6.94. The zero-order valence-corrected chi connectivity index (χ0v) is 35.9. The molecule has 0 aliphatic carbocycles. The van der Waals surface area contributed by atoms with Gasteiger partial charge in [-0.3, -0.25) is 4.79 Å². The highest BCUT2D eigenvalue weighted by molar-refractivity contribution is 5.75. The van der Waals surface area contributed by atoms with Crippen LogP contribution in [0.15, 0.2) is 0 Å². The van der Waals surface area contributed by atoms with E-state index in [-0.39, 0.29) is 18.6 Å². The second kappa shape index (κ2) is 45.1. The van der Waals surface area contributed by atoms with Crippen LogP contribution < -0.4 is 10.6 Å². The van der Waals surface area contributed by atoms with E-state index < -0.39 is 6.09 Å². The van der Waals surface area contributed by atoms with E-state index in [4.69, 9.17) is 14.2 Å². The lowest BCUT2D eigenvalue weighted by molar-refractivity contribution is -0.121. The number of nitrogens with one attached hydrogen (secondary N) is 2. The lowest BCUT2D eigenvalue weighted by Gasteiger charge is -2.18. The zero-order valence-electron chi connectivity index (χ0n) is 35.9. The standard InChI is InChI=1S/C46H92N2O5/c1-4-7-9-11-13-15-17-19-21-22-23-25-27-29-31-36-40-51-42-44(43-53-46(50)48-39-35-33-34-38-45(49)47-6-3)52-41-37-32-30-28-26-24-20-18-16-14-12-10-8-5-2/h44H,4-43H2,1-3H3,(H,47,49)(H,48,50)/t44-/m1/s1. The predicted octanol–water partition coefficient (Wildman–Crippen LogP) is 13.6. The van der Waals surface area contributed by atoms with E-state index in [1.165, 1.54) is 180 Å². The van der Waals surface area contributed by atoms with Gasteiger partial charge in [-0.1, -0.05) is 200 Å². The molecule has 0 saturated heterocycles. The summed E-state index contributed by atoms with van der Waals surface area (Å²) >= 11 is 0. The molecule has 2 N–H and O–H groups in total. The molecule has 53 heavy (non-hydrogen) atoms. The lowest BCUT2D eigenvalue weighted by Crippen LogP contribution is -2.32. The molecule has 0 radical (unpaired) electrons. The van der Waals surface area contributed by atoms with Crippen LogP contribution in [0.25, 0.3) is 0 Å². The minimum absolute atomic E-state index is 0.0945. The molecule has 2 amide bonds. The van der Waals surface area contributed by atoms with E-state index in [2.05, 4.69) is 24.5 Å². The Kier molecular flexibility index (Phi) is 43.9. The third kappa shape index (κ3) is 43.3. The Bertz CT molecular complexity index is 737. The fourth-order valence-electron chi connectivity index (χ4n) is 6.94. The quantitative estimate of drug-likeness (QED) is 0.0605. The Morgan fingerprint density at radius 2 is 0.830 bits per heavy atom. The van der Waals surface area contributed by atoms with Gasteiger partial charge in [0, 0.05) is 32.7 Å². The van der Waals surface area contributed by atoms with Crippen LogP contribution in [0.2, 0.25) is 0 Å². The van der Waals surface area contributed by atoms with Crippen molar-refractivity contribution in [3.05, 3.63) is 0 Å². The molecule has 0 fully saturated rings. The van der Waals surface area contributed by atoms with Gasteiger partial charge in [0.2, 0.25) is 5.91 Å². The van der Waals surface area contributed by atoms with Gasteiger partial charge in [-0.2, -0.15) is 0 Å². The Labute approximate surface area is 330 Å².